The van der Waals surface area contributed by atoms with Crippen molar-refractivity contribution < 1.29 is 17.9 Å². The van der Waals surface area contributed by atoms with E-state index in [0.29, 0.717) is 29.0 Å². The van der Waals surface area contributed by atoms with Crippen LogP contribution in [0, 0.1) is 11.7 Å². The highest BCUT2D eigenvalue weighted by Gasteiger charge is 2.22. The molecule has 0 aromatic heterocycles. The van der Waals surface area contributed by atoms with E-state index in [1.165, 1.54) is 0 Å². The van der Waals surface area contributed by atoms with Gasteiger partial charge in [-0.1, -0.05) is 30.4 Å². The molecule has 3 rings (SSSR count). The molecule has 0 N–H and O–H groups in total. The summed E-state index contributed by atoms with van der Waals surface area (Å²) in [5.74, 6) is 0.419. The second-order valence-corrected chi connectivity index (χ2v) is 7.20. The Morgan fingerprint density at radius 3 is 2.48 bits per heavy atom. The molecule has 144 valence electrons. The summed E-state index contributed by atoms with van der Waals surface area (Å²) in [6.45, 7) is 4.50. The number of allylic oxidation sites excluding steroid dienone is 2. The maximum Gasteiger partial charge on any atom is 0.387 e. The fourth-order valence-corrected chi connectivity index (χ4v) is 4.02. The quantitative estimate of drug-likeness (QED) is 0.467. The monoisotopic (exact) mass is 374 g/mol. The minimum absolute atomic E-state index is 0.0793. The molecule has 0 spiro atoms. The Kier molecular flexibility index (Phi) is 6.25. The molecule has 1 nitrogen and oxygen atoms in total. The van der Waals surface area contributed by atoms with Crippen LogP contribution in [-0.4, -0.2) is 6.61 Å². The second-order valence-electron chi connectivity index (χ2n) is 7.20. The van der Waals surface area contributed by atoms with E-state index < -0.39 is 12.4 Å². The van der Waals surface area contributed by atoms with E-state index in [1.54, 1.807) is 18.2 Å². The van der Waals surface area contributed by atoms with E-state index in [2.05, 4.69) is 17.9 Å². The maximum absolute atomic E-state index is 15.0. The molecule has 0 saturated heterocycles. The van der Waals surface area contributed by atoms with Gasteiger partial charge in [-0.3, -0.25) is 0 Å². The van der Waals surface area contributed by atoms with E-state index in [0.717, 1.165) is 31.2 Å². The van der Waals surface area contributed by atoms with Gasteiger partial charge in [0.25, 0.3) is 0 Å². The smallest absolute Gasteiger partial charge is 0.387 e. The second kappa shape index (κ2) is 8.64. The third-order valence-corrected chi connectivity index (χ3v) is 5.55. The highest BCUT2D eigenvalue weighted by molar-refractivity contribution is 5.86. The van der Waals surface area contributed by atoms with Crippen LogP contribution in [0.15, 0.2) is 49.6 Å². The van der Waals surface area contributed by atoms with Gasteiger partial charge in [0.1, 0.15) is 11.6 Å². The number of fused-ring (bicyclic) bond motifs is 1. The average Bonchev–Trinajstić information content (AvgIpc) is 2.67. The van der Waals surface area contributed by atoms with Crippen LogP contribution in [0.5, 0.6) is 5.75 Å². The van der Waals surface area contributed by atoms with E-state index >= 15 is 4.39 Å². The van der Waals surface area contributed by atoms with Gasteiger partial charge >= 0.3 is 6.61 Å². The third kappa shape index (κ3) is 4.37. The molecule has 2 aromatic carbocycles. The number of benzene rings is 2. The lowest BCUT2D eigenvalue weighted by Gasteiger charge is -2.27. The maximum atomic E-state index is 15.0. The molecule has 0 unspecified atom stereocenters. The highest BCUT2D eigenvalue weighted by Crippen LogP contribution is 2.39. The Hall–Kier alpha value is -2.23. The molecule has 1 fully saturated rings. The molecule has 1 saturated carbocycles. The van der Waals surface area contributed by atoms with Crippen molar-refractivity contribution in [2.45, 2.75) is 51.1 Å². The van der Waals surface area contributed by atoms with Gasteiger partial charge in [0.2, 0.25) is 0 Å². The van der Waals surface area contributed by atoms with Crippen LogP contribution >= 0.6 is 0 Å². The summed E-state index contributed by atoms with van der Waals surface area (Å²) in [4.78, 5) is 0. The summed E-state index contributed by atoms with van der Waals surface area (Å²) < 4.78 is 45.3. The fraction of sp³-hybridized carbons (Fsp3) is 0.391. The predicted molar refractivity (Wildman–Crippen MR) is 104 cm³/mol. The standard InChI is InChI=1S/C23H25F3O/c1-3-5-6-20-21(27-23(25)26)14-18-13-17(11-12-19(18)22(20)24)16-9-7-15(4-2)8-10-16/h3-4,11-16,23H,1-2,5-10H2. The number of halogens is 3. The normalized spacial score (nSPS) is 20.0. The van der Waals surface area contributed by atoms with Gasteiger partial charge in [0.15, 0.2) is 0 Å². The Morgan fingerprint density at radius 1 is 1.11 bits per heavy atom. The zero-order valence-electron chi connectivity index (χ0n) is 15.4. The Bertz CT molecular complexity index is 820. The number of hydrogen-bond donors (Lipinski definition) is 0. The average molecular weight is 374 g/mol. The zero-order valence-corrected chi connectivity index (χ0v) is 15.4. The summed E-state index contributed by atoms with van der Waals surface area (Å²) in [6.07, 6.45) is 8.74. The van der Waals surface area contributed by atoms with Gasteiger partial charge in [-0.05, 0) is 67.4 Å². The van der Waals surface area contributed by atoms with Crippen molar-refractivity contribution in [2.75, 3.05) is 0 Å². The molecular formula is C23H25F3O. The summed E-state index contributed by atoms with van der Waals surface area (Å²) in [7, 11) is 0. The summed E-state index contributed by atoms with van der Waals surface area (Å²) in [5, 5.41) is 1.05. The Morgan fingerprint density at radius 2 is 1.85 bits per heavy atom. The highest BCUT2D eigenvalue weighted by atomic mass is 19.3. The first-order valence-corrected chi connectivity index (χ1v) is 9.46. The molecule has 1 aliphatic rings. The van der Waals surface area contributed by atoms with Crippen LogP contribution in [0.1, 0.15) is 49.1 Å². The first-order valence-electron chi connectivity index (χ1n) is 9.46. The van der Waals surface area contributed by atoms with Crippen molar-refractivity contribution in [3.8, 4) is 5.75 Å². The first-order chi connectivity index (χ1) is 13.0. The summed E-state index contributed by atoms with van der Waals surface area (Å²) >= 11 is 0. The van der Waals surface area contributed by atoms with Crippen molar-refractivity contribution >= 4 is 10.8 Å². The van der Waals surface area contributed by atoms with E-state index in [4.69, 9.17) is 0 Å². The van der Waals surface area contributed by atoms with Crippen molar-refractivity contribution in [1.82, 2.24) is 0 Å². The number of alkyl halides is 2. The molecule has 0 atom stereocenters. The predicted octanol–water partition coefficient (Wildman–Crippen LogP) is 7.16. The third-order valence-electron chi connectivity index (χ3n) is 5.55. The molecule has 4 heteroatoms. The number of rotatable bonds is 7. The van der Waals surface area contributed by atoms with Gasteiger partial charge in [-0.15, -0.1) is 13.2 Å². The SMILES string of the molecule is C=CCCc1c(OC(F)F)cc2cc(C3CCC(C=C)CC3)ccc2c1F. The van der Waals surface area contributed by atoms with E-state index in [1.807, 2.05) is 18.2 Å². The number of ether oxygens (including phenoxy) is 1. The lowest BCUT2D eigenvalue weighted by atomic mass is 9.78. The van der Waals surface area contributed by atoms with Gasteiger partial charge in [0.05, 0.1) is 0 Å². The molecule has 27 heavy (non-hydrogen) atoms. The molecule has 0 bridgehead atoms. The fourth-order valence-electron chi connectivity index (χ4n) is 4.02. The van der Waals surface area contributed by atoms with Crippen LogP contribution in [0.2, 0.25) is 0 Å². The first kappa shape index (κ1) is 19.5. The molecule has 0 amide bonds. The van der Waals surface area contributed by atoms with Crippen molar-refractivity contribution in [1.29, 1.82) is 0 Å². The largest absolute Gasteiger partial charge is 0.434 e. The molecule has 1 aliphatic carbocycles. The van der Waals surface area contributed by atoms with Gasteiger partial charge in [0, 0.05) is 10.9 Å². The molecule has 0 aliphatic heterocycles. The number of hydrogen-bond acceptors (Lipinski definition) is 1. The Balaban J connectivity index is 1.97. The van der Waals surface area contributed by atoms with Crippen LogP contribution in [0.4, 0.5) is 13.2 Å². The van der Waals surface area contributed by atoms with E-state index in [-0.39, 0.29) is 17.7 Å². The summed E-state index contributed by atoms with van der Waals surface area (Å²) in [6, 6.07) is 7.20. The summed E-state index contributed by atoms with van der Waals surface area (Å²) in [5.41, 5.74) is 1.31. The van der Waals surface area contributed by atoms with Gasteiger partial charge in [-0.2, -0.15) is 8.78 Å². The van der Waals surface area contributed by atoms with Gasteiger partial charge < -0.3 is 4.74 Å². The van der Waals surface area contributed by atoms with Crippen LogP contribution < -0.4 is 4.74 Å². The van der Waals surface area contributed by atoms with Crippen molar-refractivity contribution in [2.24, 2.45) is 5.92 Å². The van der Waals surface area contributed by atoms with Gasteiger partial charge in [-0.25, -0.2) is 4.39 Å². The van der Waals surface area contributed by atoms with Crippen LogP contribution in [0.3, 0.4) is 0 Å². The van der Waals surface area contributed by atoms with Crippen LogP contribution in [0.25, 0.3) is 10.8 Å². The molecule has 2 aromatic rings. The Labute approximate surface area is 158 Å². The van der Waals surface area contributed by atoms with E-state index in [9.17, 15) is 8.78 Å². The minimum Gasteiger partial charge on any atom is -0.434 e. The lowest BCUT2D eigenvalue weighted by molar-refractivity contribution is -0.0505. The zero-order chi connectivity index (χ0) is 19.4. The minimum atomic E-state index is -2.98. The molecule has 0 radical (unpaired) electrons. The topological polar surface area (TPSA) is 9.23 Å². The molecule has 0 heterocycles. The van der Waals surface area contributed by atoms with Crippen molar-refractivity contribution in [3.63, 3.8) is 0 Å². The van der Waals surface area contributed by atoms with Crippen LogP contribution in [-0.2, 0) is 6.42 Å². The molecular weight excluding hydrogens is 349 g/mol. The van der Waals surface area contributed by atoms with Crippen molar-refractivity contribution in [3.05, 3.63) is 66.5 Å². The lowest BCUT2D eigenvalue weighted by Crippen LogP contribution is -2.11.